The maximum Gasteiger partial charge on any atom is 0.202 e. The van der Waals surface area contributed by atoms with Crippen molar-refractivity contribution in [2.45, 2.75) is 6.54 Å². The van der Waals surface area contributed by atoms with Crippen LogP contribution in [0.1, 0.15) is 5.56 Å². The maximum atomic E-state index is 5.84. The zero-order chi connectivity index (χ0) is 9.10. The quantitative estimate of drug-likeness (QED) is 0.715. The second kappa shape index (κ2) is 3.62. The zero-order valence-corrected chi connectivity index (χ0v) is 7.78. The largest absolute Gasteiger partial charge is 0.317 e. The van der Waals surface area contributed by atoms with Crippen molar-refractivity contribution in [1.82, 2.24) is 9.55 Å². The molecular formula is C10H9ClN2. The lowest BCUT2D eigenvalue weighted by Gasteiger charge is -2.02. The van der Waals surface area contributed by atoms with Crippen LogP contribution in [0.3, 0.4) is 0 Å². The minimum Gasteiger partial charge on any atom is -0.317 e. The average Bonchev–Trinajstić information content (AvgIpc) is 2.54. The summed E-state index contributed by atoms with van der Waals surface area (Å²) in [5.74, 6) is 0. The van der Waals surface area contributed by atoms with Gasteiger partial charge in [-0.15, -0.1) is 0 Å². The zero-order valence-electron chi connectivity index (χ0n) is 7.02. The molecular weight excluding hydrogens is 184 g/mol. The van der Waals surface area contributed by atoms with Gasteiger partial charge in [0.1, 0.15) is 0 Å². The Morgan fingerprint density at radius 2 is 2.00 bits per heavy atom. The molecule has 0 spiro atoms. The highest BCUT2D eigenvalue weighted by Crippen LogP contribution is 2.08. The van der Waals surface area contributed by atoms with Crippen LogP contribution in [0.5, 0.6) is 0 Å². The first-order chi connectivity index (χ1) is 6.36. The molecule has 0 N–H and O–H groups in total. The number of hydrogen-bond acceptors (Lipinski definition) is 1. The van der Waals surface area contributed by atoms with Gasteiger partial charge in [0.15, 0.2) is 0 Å². The number of halogens is 1. The molecule has 3 heteroatoms. The van der Waals surface area contributed by atoms with Crippen molar-refractivity contribution in [3.8, 4) is 0 Å². The smallest absolute Gasteiger partial charge is 0.202 e. The molecule has 0 bridgehead atoms. The first kappa shape index (κ1) is 8.32. The Bertz CT molecular complexity index is 381. The predicted molar refractivity (Wildman–Crippen MR) is 52.8 cm³/mol. The molecule has 2 aromatic rings. The lowest BCUT2D eigenvalue weighted by atomic mass is 10.2. The van der Waals surface area contributed by atoms with E-state index in [4.69, 9.17) is 11.6 Å². The first-order valence-electron chi connectivity index (χ1n) is 4.07. The van der Waals surface area contributed by atoms with Crippen LogP contribution in [0.2, 0.25) is 5.28 Å². The van der Waals surface area contributed by atoms with Crippen LogP contribution >= 0.6 is 11.6 Å². The minimum atomic E-state index is 0.531. The van der Waals surface area contributed by atoms with Gasteiger partial charge in [-0.05, 0) is 17.2 Å². The van der Waals surface area contributed by atoms with Crippen LogP contribution in [0.4, 0.5) is 0 Å². The summed E-state index contributed by atoms with van der Waals surface area (Å²) in [6.45, 7) is 0.777. The van der Waals surface area contributed by atoms with Crippen molar-refractivity contribution in [2.24, 2.45) is 0 Å². The van der Waals surface area contributed by atoms with Gasteiger partial charge in [0.2, 0.25) is 5.28 Å². The monoisotopic (exact) mass is 192 g/mol. The Morgan fingerprint density at radius 3 is 2.62 bits per heavy atom. The Kier molecular flexibility index (Phi) is 2.32. The average molecular weight is 193 g/mol. The molecule has 1 aromatic carbocycles. The highest BCUT2D eigenvalue weighted by molar-refractivity contribution is 6.28. The molecule has 0 saturated carbocycles. The third-order valence-corrected chi connectivity index (χ3v) is 2.18. The van der Waals surface area contributed by atoms with Gasteiger partial charge in [-0.1, -0.05) is 30.3 Å². The SMILES string of the molecule is Clc1nccn1Cc1ccccc1. The molecule has 0 saturated heterocycles. The van der Waals surface area contributed by atoms with E-state index in [1.807, 2.05) is 29.0 Å². The highest BCUT2D eigenvalue weighted by atomic mass is 35.5. The van der Waals surface area contributed by atoms with Gasteiger partial charge in [0, 0.05) is 18.9 Å². The number of aromatic nitrogens is 2. The van der Waals surface area contributed by atoms with Gasteiger partial charge in [0.05, 0.1) is 0 Å². The van der Waals surface area contributed by atoms with E-state index in [9.17, 15) is 0 Å². The van der Waals surface area contributed by atoms with Crippen LogP contribution in [0, 0.1) is 0 Å². The molecule has 0 aliphatic carbocycles. The van der Waals surface area contributed by atoms with E-state index < -0.39 is 0 Å². The Labute approximate surface area is 81.8 Å². The van der Waals surface area contributed by atoms with Gasteiger partial charge < -0.3 is 4.57 Å². The number of benzene rings is 1. The van der Waals surface area contributed by atoms with Crippen molar-refractivity contribution in [3.63, 3.8) is 0 Å². The summed E-state index contributed by atoms with van der Waals surface area (Å²) < 4.78 is 1.90. The Balaban J connectivity index is 2.20. The lowest BCUT2D eigenvalue weighted by molar-refractivity contribution is 0.798. The van der Waals surface area contributed by atoms with E-state index in [-0.39, 0.29) is 0 Å². The number of nitrogens with zero attached hydrogens (tertiary/aromatic N) is 2. The maximum absolute atomic E-state index is 5.84. The van der Waals surface area contributed by atoms with Gasteiger partial charge >= 0.3 is 0 Å². The number of rotatable bonds is 2. The van der Waals surface area contributed by atoms with Crippen LogP contribution in [0.25, 0.3) is 0 Å². The lowest BCUT2D eigenvalue weighted by Crippen LogP contribution is -1.97. The molecule has 2 nitrogen and oxygen atoms in total. The molecule has 66 valence electrons. The fraction of sp³-hybridized carbons (Fsp3) is 0.100. The number of hydrogen-bond donors (Lipinski definition) is 0. The van der Waals surface area contributed by atoms with Gasteiger partial charge in [-0.25, -0.2) is 4.98 Å². The van der Waals surface area contributed by atoms with E-state index in [0.29, 0.717) is 5.28 Å². The van der Waals surface area contributed by atoms with Crippen LogP contribution < -0.4 is 0 Å². The van der Waals surface area contributed by atoms with E-state index in [0.717, 1.165) is 6.54 Å². The van der Waals surface area contributed by atoms with Gasteiger partial charge in [-0.2, -0.15) is 0 Å². The summed E-state index contributed by atoms with van der Waals surface area (Å²) in [5.41, 5.74) is 1.22. The highest BCUT2D eigenvalue weighted by Gasteiger charge is 1.98. The van der Waals surface area contributed by atoms with E-state index in [2.05, 4.69) is 17.1 Å². The topological polar surface area (TPSA) is 17.8 Å². The molecule has 2 rings (SSSR count). The minimum absolute atomic E-state index is 0.531. The van der Waals surface area contributed by atoms with Crippen LogP contribution in [-0.2, 0) is 6.54 Å². The third kappa shape index (κ3) is 1.90. The van der Waals surface area contributed by atoms with E-state index in [1.165, 1.54) is 5.56 Å². The van der Waals surface area contributed by atoms with Crippen LogP contribution in [0.15, 0.2) is 42.7 Å². The summed E-state index contributed by atoms with van der Waals surface area (Å²) in [7, 11) is 0. The van der Waals surface area contributed by atoms with Crippen molar-refractivity contribution in [3.05, 3.63) is 53.6 Å². The fourth-order valence-electron chi connectivity index (χ4n) is 1.21. The summed E-state index contributed by atoms with van der Waals surface area (Å²) in [5, 5.41) is 0.531. The molecule has 0 aliphatic rings. The van der Waals surface area contributed by atoms with Crippen molar-refractivity contribution in [2.75, 3.05) is 0 Å². The van der Waals surface area contributed by atoms with Crippen molar-refractivity contribution in [1.29, 1.82) is 0 Å². The summed E-state index contributed by atoms with van der Waals surface area (Å²) in [6, 6.07) is 10.2. The standard InChI is InChI=1S/C10H9ClN2/c11-10-12-6-7-13(10)8-9-4-2-1-3-5-9/h1-7H,8H2. The Morgan fingerprint density at radius 1 is 1.23 bits per heavy atom. The summed E-state index contributed by atoms with van der Waals surface area (Å²) >= 11 is 5.84. The van der Waals surface area contributed by atoms with Crippen LogP contribution in [-0.4, -0.2) is 9.55 Å². The fourth-order valence-corrected chi connectivity index (χ4v) is 1.38. The summed E-state index contributed by atoms with van der Waals surface area (Å²) in [4.78, 5) is 3.94. The molecule has 0 aliphatic heterocycles. The predicted octanol–water partition coefficient (Wildman–Crippen LogP) is 2.58. The second-order valence-electron chi connectivity index (χ2n) is 2.81. The number of imidazole rings is 1. The van der Waals surface area contributed by atoms with E-state index in [1.54, 1.807) is 6.20 Å². The molecule has 1 heterocycles. The molecule has 0 amide bonds. The Hall–Kier alpha value is -1.28. The second-order valence-corrected chi connectivity index (χ2v) is 3.15. The first-order valence-corrected chi connectivity index (χ1v) is 4.44. The normalized spacial score (nSPS) is 10.2. The molecule has 1 aromatic heterocycles. The third-order valence-electron chi connectivity index (χ3n) is 1.86. The molecule has 0 unspecified atom stereocenters. The van der Waals surface area contributed by atoms with Crippen molar-refractivity contribution >= 4 is 11.6 Å². The van der Waals surface area contributed by atoms with Gasteiger partial charge in [0.25, 0.3) is 0 Å². The molecule has 0 fully saturated rings. The van der Waals surface area contributed by atoms with Crippen molar-refractivity contribution < 1.29 is 0 Å². The molecule has 0 radical (unpaired) electrons. The van der Waals surface area contributed by atoms with E-state index >= 15 is 0 Å². The summed E-state index contributed by atoms with van der Waals surface area (Å²) in [6.07, 6.45) is 3.57. The molecule has 13 heavy (non-hydrogen) atoms. The molecule has 0 atom stereocenters. The van der Waals surface area contributed by atoms with Gasteiger partial charge in [-0.3, -0.25) is 0 Å².